The summed E-state index contributed by atoms with van der Waals surface area (Å²) >= 11 is 0. The van der Waals surface area contributed by atoms with Gasteiger partial charge in [-0.2, -0.15) is 0 Å². The lowest BCUT2D eigenvalue weighted by Crippen LogP contribution is -2.22. The normalized spacial score (nSPS) is 12.7. The molecule has 2 rings (SSSR count). The number of benzene rings is 2. The average Bonchev–Trinajstić information content (AvgIpc) is 2.52. The van der Waals surface area contributed by atoms with E-state index in [0.717, 1.165) is 5.56 Å². The minimum absolute atomic E-state index is 0.191. The SMILES string of the molecule is COc1cc(C(C)(C)C)cc(S(=O)(=O)c2ccc(OC(C)(C)C)cc2)c1. The van der Waals surface area contributed by atoms with Crippen LogP contribution in [0.2, 0.25) is 0 Å². The quantitative estimate of drug-likeness (QED) is 0.753. The standard InChI is InChI=1S/C21H28O4S/c1-20(2,3)15-12-17(24-7)14-19(13-15)26(22,23)18-10-8-16(9-11-18)25-21(4,5)6/h8-14H,1-7H3. The lowest BCUT2D eigenvalue weighted by Gasteiger charge is -2.22. The summed E-state index contributed by atoms with van der Waals surface area (Å²) < 4.78 is 37.2. The van der Waals surface area contributed by atoms with Crippen molar-refractivity contribution in [1.29, 1.82) is 0 Å². The lowest BCUT2D eigenvalue weighted by molar-refractivity contribution is 0.131. The summed E-state index contributed by atoms with van der Waals surface area (Å²) in [5.74, 6) is 1.17. The first kappa shape index (κ1) is 20.3. The molecule has 2 aromatic rings. The van der Waals surface area contributed by atoms with Crippen LogP contribution in [0.1, 0.15) is 47.1 Å². The molecule has 0 N–H and O–H groups in total. The Bertz CT molecular complexity index is 868. The first-order valence-electron chi connectivity index (χ1n) is 8.57. The van der Waals surface area contributed by atoms with Gasteiger partial charge < -0.3 is 9.47 Å². The van der Waals surface area contributed by atoms with Gasteiger partial charge in [0.25, 0.3) is 0 Å². The van der Waals surface area contributed by atoms with Crippen LogP contribution in [0.3, 0.4) is 0 Å². The highest BCUT2D eigenvalue weighted by atomic mass is 32.2. The maximum Gasteiger partial charge on any atom is 0.206 e. The van der Waals surface area contributed by atoms with Gasteiger partial charge >= 0.3 is 0 Å². The molecule has 0 saturated heterocycles. The van der Waals surface area contributed by atoms with Gasteiger partial charge in [0.2, 0.25) is 9.84 Å². The molecule has 0 spiro atoms. The average molecular weight is 377 g/mol. The van der Waals surface area contributed by atoms with Gasteiger partial charge in [0.05, 0.1) is 16.9 Å². The highest BCUT2D eigenvalue weighted by Crippen LogP contribution is 2.32. The molecule has 0 amide bonds. The molecule has 0 saturated carbocycles. The Kier molecular flexibility index (Phi) is 5.43. The lowest BCUT2D eigenvalue weighted by atomic mass is 9.87. The van der Waals surface area contributed by atoms with Crippen LogP contribution in [0.4, 0.5) is 0 Å². The number of hydrogen-bond donors (Lipinski definition) is 0. The largest absolute Gasteiger partial charge is 0.497 e. The predicted molar refractivity (Wildman–Crippen MR) is 104 cm³/mol. The molecule has 26 heavy (non-hydrogen) atoms. The Morgan fingerprint density at radius 1 is 0.769 bits per heavy atom. The minimum atomic E-state index is -3.65. The van der Waals surface area contributed by atoms with Crippen molar-refractivity contribution in [1.82, 2.24) is 0 Å². The van der Waals surface area contributed by atoms with E-state index < -0.39 is 9.84 Å². The highest BCUT2D eigenvalue weighted by molar-refractivity contribution is 7.91. The summed E-state index contributed by atoms with van der Waals surface area (Å²) in [6, 6.07) is 11.7. The Morgan fingerprint density at radius 3 is 1.81 bits per heavy atom. The zero-order chi connectivity index (χ0) is 19.8. The van der Waals surface area contributed by atoms with Gasteiger partial charge in [-0.3, -0.25) is 0 Å². The van der Waals surface area contributed by atoms with Gasteiger partial charge in [-0.15, -0.1) is 0 Å². The van der Waals surface area contributed by atoms with Gasteiger partial charge in [0.15, 0.2) is 0 Å². The monoisotopic (exact) mass is 376 g/mol. The second-order valence-corrected chi connectivity index (χ2v) is 10.3. The molecule has 0 aliphatic carbocycles. The van der Waals surface area contributed by atoms with Crippen LogP contribution in [0, 0.1) is 0 Å². The Balaban J connectivity index is 2.47. The fourth-order valence-electron chi connectivity index (χ4n) is 2.45. The van der Waals surface area contributed by atoms with Crippen LogP contribution in [-0.4, -0.2) is 21.1 Å². The van der Waals surface area contributed by atoms with Crippen molar-refractivity contribution in [2.75, 3.05) is 7.11 Å². The Labute approximate surface area is 157 Å². The third kappa shape index (κ3) is 4.79. The zero-order valence-electron chi connectivity index (χ0n) is 16.6. The van der Waals surface area contributed by atoms with E-state index in [1.54, 1.807) is 36.4 Å². The Morgan fingerprint density at radius 2 is 1.35 bits per heavy atom. The third-order valence-corrected chi connectivity index (χ3v) is 5.60. The molecule has 142 valence electrons. The molecule has 4 nitrogen and oxygen atoms in total. The second-order valence-electron chi connectivity index (χ2n) is 8.34. The van der Waals surface area contributed by atoms with E-state index in [4.69, 9.17) is 9.47 Å². The first-order valence-corrected chi connectivity index (χ1v) is 10.0. The highest BCUT2D eigenvalue weighted by Gasteiger charge is 2.23. The van der Waals surface area contributed by atoms with E-state index in [1.807, 2.05) is 47.6 Å². The summed E-state index contributed by atoms with van der Waals surface area (Å²) in [4.78, 5) is 0.457. The molecular weight excluding hydrogens is 348 g/mol. The van der Waals surface area contributed by atoms with Crippen LogP contribution in [0.25, 0.3) is 0 Å². The van der Waals surface area contributed by atoms with E-state index in [-0.39, 0.29) is 20.8 Å². The molecule has 0 atom stereocenters. The first-order chi connectivity index (χ1) is 11.8. The van der Waals surface area contributed by atoms with Crippen molar-refractivity contribution in [2.24, 2.45) is 0 Å². The number of hydrogen-bond acceptors (Lipinski definition) is 4. The minimum Gasteiger partial charge on any atom is -0.497 e. The summed E-state index contributed by atoms with van der Waals surface area (Å²) in [7, 11) is -2.11. The summed E-state index contributed by atoms with van der Waals surface area (Å²) in [6.07, 6.45) is 0. The van der Waals surface area contributed by atoms with E-state index in [0.29, 0.717) is 11.5 Å². The molecule has 2 aromatic carbocycles. The predicted octanol–water partition coefficient (Wildman–Crippen LogP) is 5.00. The molecule has 0 fully saturated rings. The molecule has 0 heterocycles. The summed E-state index contributed by atoms with van der Waals surface area (Å²) in [5, 5.41) is 0. The fourth-order valence-corrected chi connectivity index (χ4v) is 3.77. The zero-order valence-corrected chi connectivity index (χ0v) is 17.4. The number of methoxy groups -OCH3 is 1. The van der Waals surface area contributed by atoms with E-state index in [2.05, 4.69) is 0 Å². The van der Waals surface area contributed by atoms with Crippen LogP contribution < -0.4 is 9.47 Å². The number of ether oxygens (including phenoxy) is 2. The van der Waals surface area contributed by atoms with E-state index >= 15 is 0 Å². The summed E-state index contributed by atoms with van der Waals surface area (Å²) in [5.41, 5.74) is 0.376. The van der Waals surface area contributed by atoms with Gasteiger partial charge in [0.1, 0.15) is 17.1 Å². The van der Waals surface area contributed by atoms with E-state index in [1.165, 1.54) is 7.11 Å². The molecule has 0 unspecified atom stereocenters. The van der Waals surface area contributed by atoms with Crippen LogP contribution >= 0.6 is 0 Å². The molecule has 0 aliphatic heterocycles. The van der Waals surface area contributed by atoms with Gasteiger partial charge in [-0.05, 0) is 74.2 Å². The molecular formula is C21H28O4S. The molecule has 0 aliphatic rings. The van der Waals surface area contributed by atoms with E-state index in [9.17, 15) is 8.42 Å². The molecule has 0 radical (unpaired) electrons. The van der Waals surface area contributed by atoms with Crippen LogP contribution in [0.5, 0.6) is 11.5 Å². The fraction of sp³-hybridized carbons (Fsp3) is 0.429. The summed E-state index contributed by atoms with van der Waals surface area (Å²) in [6.45, 7) is 12.0. The van der Waals surface area contributed by atoms with Crippen molar-refractivity contribution in [3.8, 4) is 11.5 Å². The van der Waals surface area contributed by atoms with Crippen LogP contribution in [0.15, 0.2) is 52.3 Å². The molecule has 5 heteroatoms. The Hall–Kier alpha value is -2.01. The molecule has 0 aromatic heterocycles. The maximum atomic E-state index is 13.1. The van der Waals surface area contributed by atoms with Gasteiger partial charge in [0, 0.05) is 0 Å². The van der Waals surface area contributed by atoms with Crippen LogP contribution in [-0.2, 0) is 15.3 Å². The smallest absolute Gasteiger partial charge is 0.206 e. The molecule has 0 bridgehead atoms. The van der Waals surface area contributed by atoms with Crippen molar-refractivity contribution in [2.45, 2.75) is 62.3 Å². The van der Waals surface area contributed by atoms with Gasteiger partial charge in [-0.1, -0.05) is 20.8 Å². The third-order valence-electron chi connectivity index (χ3n) is 3.85. The maximum absolute atomic E-state index is 13.1. The topological polar surface area (TPSA) is 52.6 Å². The van der Waals surface area contributed by atoms with Crippen molar-refractivity contribution in [3.63, 3.8) is 0 Å². The number of sulfone groups is 1. The van der Waals surface area contributed by atoms with Crippen molar-refractivity contribution < 1.29 is 17.9 Å². The second kappa shape index (κ2) is 6.95. The van der Waals surface area contributed by atoms with Gasteiger partial charge in [-0.25, -0.2) is 8.42 Å². The van der Waals surface area contributed by atoms with Crippen molar-refractivity contribution in [3.05, 3.63) is 48.0 Å². The van der Waals surface area contributed by atoms with Crippen molar-refractivity contribution >= 4 is 9.84 Å². The number of rotatable bonds is 4.